The van der Waals surface area contributed by atoms with E-state index in [2.05, 4.69) is 43.3 Å². The van der Waals surface area contributed by atoms with Crippen molar-refractivity contribution in [3.05, 3.63) is 47.5 Å². The van der Waals surface area contributed by atoms with Gasteiger partial charge in [-0.3, -0.25) is 0 Å². The second kappa shape index (κ2) is 5.02. The van der Waals surface area contributed by atoms with Crippen LogP contribution in [0.3, 0.4) is 0 Å². The first-order chi connectivity index (χ1) is 9.59. The Kier molecular flexibility index (Phi) is 3.35. The maximum absolute atomic E-state index is 11.3. The van der Waals surface area contributed by atoms with E-state index in [0.717, 1.165) is 19.6 Å². The molecule has 1 aliphatic rings. The van der Waals surface area contributed by atoms with E-state index in [1.54, 1.807) is 6.92 Å². The number of fused-ring (bicyclic) bond motifs is 1. The summed E-state index contributed by atoms with van der Waals surface area (Å²) >= 11 is 0. The standard InChI is InChI=1S/C18H20O2/c1-13-3-4-16-10-17(6-5-15(16)9-13)18(11-20-12-18)8-7-14(2)19/h3-6,9-10H,7-8,11-12H2,1-2H3. The first kappa shape index (κ1) is 13.3. The summed E-state index contributed by atoms with van der Waals surface area (Å²) in [5, 5.41) is 2.54. The lowest BCUT2D eigenvalue weighted by atomic mass is 9.74. The van der Waals surface area contributed by atoms with Gasteiger partial charge in [0.2, 0.25) is 0 Å². The molecule has 1 saturated heterocycles. The normalized spacial score (nSPS) is 16.9. The van der Waals surface area contributed by atoms with Crippen LogP contribution in [0.4, 0.5) is 0 Å². The van der Waals surface area contributed by atoms with Gasteiger partial charge in [-0.15, -0.1) is 0 Å². The summed E-state index contributed by atoms with van der Waals surface area (Å²) < 4.78 is 5.44. The molecule has 0 bridgehead atoms. The zero-order chi connectivity index (χ0) is 14.2. The van der Waals surface area contributed by atoms with Gasteiger partial charge in [-0.05, 0) is 36.6 Å². The van der Waals surface area contributed by atoms with E-state index >= 15 is 0 Å². The third-order valence-corrected chi connectivity index (χ3v) is 4.32. The highest BCUT2D eigenvalue weighted by atomic mass is 16.5. The summed E-state index contributed by atoms with van der Waals surface area (Å²) in [4.78, 5) is 11.3. The second-order valence-corrected chi connectivity index (χ2v) is 6.04. The largest absolute Gasteiger partial charge is 0.379 e. The van der Waals surface area contributed by atoms with Crippen LogP contribution in [0.25, 0.3) is 10.8 Å². The molecule has 0 spiro atoms. The third-order valence-electron chi connectivity index (χ3n) is 4.32. The Labute approximate surface area is 119 Å². The van der Waals surface area contributed by atoms with E-state index in [0.29, 0.717) is 6.42 Å². The van der Waals surface area contributed by atoms with E-state index in [-0.39, 0.29) is 11.2 Å². The van der Waals surface area contributed by atoms with Gasteiger partial charge in [0.05, 0.1) is 13.2 Å². The van der Waals surface area contributed by atoms with Crippen LogP contribution in [-0.2, 0) is 14.9 Å². The molecule has 1 heterocycles. The fourth-order valence-corrected chi connectivity index (χ4v) is 2.91. The van der Waals surface area contributed by atoms with Gasteiger partial charge in [0, 0.05) is 11.8 Å². The highest BCUT2D eigenvalue weighted by molar-refractivity contribution is 5.84. The number of hydrogen-bond acceptors (Lipinski definition) is 2. The molecule has 0 amide bonds. The topological polar surface area (TPSA) is 26.3 Å². The lowest BCUT2D eigenvalue weighted by Crippen LogP contribution is -2.46. The average molecular weight is 268 g/mol. The molecule has 2 aromatic rings. The van der Waals surface area contributed by atoms with Crippen molar-refractivity contribution in [1.82, 2.24) is 0 Å². The first-order valence-corrected chi connectivity index (χ1v) is 7.17. The van der Waals surface area contributed by atoms with Crippen molar-refractivity contribution < 1.29 is 9.53 Å². The number of aryl methyl sites for hydroxylation is 1. The van der Waals surface area contributed by atoms with Crippen molar-refractivity contribution in [1.29, 1.82) is 0 Å². The van der Waals surface area contributed by atoms with Gasteiger partial charge in [0.1, 0.15) is 5.78 Å². The molecule has 0 atom stereocenters. The quantitative estimate of drug-likeness (QED) is 0.843. The lowest BCUT2D eigenvalue weighted by Gasteiger charge is -2.42. The van der Waals surface area contributed by atoms with E-state index in [9.17, 15) is 4.79 Å². The number of benzene rings is 2. The summed E-state index contributed by atoms with van der Waals surface area (Å²) in [5.41, 5.74) is 2.63. The van der Waals surface area contributed by atoms with E-state index in [4.69, 9.17) is 4.74 Å². The minimum Gasteiger partial charge on any atom is -0.379 e. The molecule has 3 rings (SSSR count). The Bertz CT molecular complexity index is 654. The van der Waals surface area contributed by atoms with Crippen molar-refractivity contribution in [3.63, 3.8) is 0 Å². The van der Waals surface area contributed by atoms with Crippen LogP contribution in [-0.4, -0.2) is 19.0 Å². The molecular weight excluding hydrogens is 248 g/mol. The first-order valence-electron chi connectivity index (χ1n) is 7.17. The van der Waals surface area contributed by atoms with Crippen LogP contribution in [0.2, 0.25) is 0 Å². The molecular formula is C18H20O2. The third kappa shape index (κ3) is 2.36. The molecule has 0 radical (unpaired) electrons. The predicted octanol–water partition coefficient (Wildman–Crippen LogP) is 3.79. The summed E-state index contributed by atoms with van der Waals surface area (Å²) in [5.74, 6) is 0.257. The number of ether oxygens (including phenoxy) is 1. The predicted molar refractivity (Wildman–Crippen MR) is 81.1 cm³/mol. The van der Waals surface area contributed by atoms with Gasteiger partial charge in [0.25, 0.3) is 0 Å². The Morgan fingerprint density at radius 1 is 1.15 bits per heavy atom. The molecule has 2 aromatic carbocycles. The minimum absolute atomic E-state index is 0.0464. The number of hydrogen-bond donors (Lipinski definition) is 0. The minimum atomic E-state index is 0.0464. The Hall–Kier alpha value is -1.67. The van der Waals surface area contributed by atoms with Gasteiger partial charge in [0.15, 0.2) is 0 Å². The van der Waals surface area contributed by atoms with Crippen LogP contribution in [0.1, 0.15) is 30.9 Å². The Morgan fingerprint density at radius 2 is 1.85 bits per heavy atom. The van der Waals surface area contributed by atoms with Crippen molar-refractivity contribution in [2.45, 2.75) is 32.1 Å². The summed E-state index contributed by atoms with van der Waals surface area (Å²) in [7, 11) is 0. The van der Waals surface area contributed by atoms with Crippen molar-refractivity contribution in [2.24, 2.45) is 0 Å². The smallest absolute Gasteiger partial charge is 0.129 e. The summed E-state index contributed by atoms with van der Waals surface area (Å²) in [6, 6.07) is 13.2. The van der Waals surface area contributed by atoms with Gasteiger partial charge < -0.3 is 9.53 Å². The number of carbonyl (C=O) groups is 1. The number of carbonyl (C=O) groups excluding carboxylic acids is 1. The van der Waals surface area contributed by atoms with Gasteiger partial charge in [-0.1, -0.05) is 42.0 Å². The number of Topliss-reactive ketones (excluding diaryl/α,β-unsaturated/α-hetero) is 1. The molecule has 0 saturated carbocycles. The van der Waals surface area contributed by atoms with Crippen LogP contribution in [0.5, 0.6) is 0 Å². The molecule has 0 unspecified atom stereocenters. The van der Waals surface area contributed by atoms with Crippen molar-refractivity contribution in [3.8, 4) is 0 Å². The Morgan fingerprint density at radius 3 is 2.50 bits per heavy atom. The van der Waals surface area contributed by atoms with E-state index in [1.807, 2.05) is 0 Å². The molecule has 20 heavy (non-hydrogen) atoms. The Balaban J connectivity index is 1.95. The summed E-state index contributed by atoms with van der Waals surface area (Å²) in [6.07, 6.45) is 1.52. The fourth-order valence-electron chi connectivity index (χ4n) is 2.91. The van der Waals surface area contributed by atoms with Crippen molar-refractivity contribution >= 4 is 16.6 Å². The van der Waals surface area contributed by atoms with E-state index < -0.39 is 0 Å². The molecule has 1 fully saturated rings. The van der Waals surface area contributed by atoms with Crippen LogP contribution in [0.15, 0.2) is 36.4 Å². The molecule has 2 nitrogen and oxygen atoms in total. The number of ketones is 1. The summed E-state index contributed by atoms with van der Waals surface area (Å²) in [6.45, 7) is 5.24. The SMILES string of the molecule is CC(=O)CCC1(c2ccc3cc(C)ccc3c2)COC1. The molecule has 0 aromatic heterocycles. The second-order valence-electron chi connectivity index (χ2n) is 6.04. The van der Waals surface area contributed by atoms with Crippen LogP contribution >= 0.6 is 0 Å². The van der Waals surface area contributed by atoms with Gasteiger partial charge in [-0.2, -0.15) is 0 Å². The zero-order valence-corrected chi connectivity index (χ0v) is 12.1. The van der Waals surface area contributed by atoms with Crippen molar-refractivity contribution in [2.75, 3.05) is 13.2 Å². The molecule has 1 aliphatic heterocycles. The highest BCUT2D eigenvalue weighted by Crippen LogP contribution is 2.38. The maximum atomic E-state index is 11.3. The zero-order valence-electron chi connectivity index (χ0n) is 12.1. The fraction of sp³-hybridized carbons (Fsp3) is 0.389. The van der Waals surface area contributed by atoms with Crippen LogP contribution in [0, 0.1) is 6.92 Å². The molecule has 104 valence electrons. The van der Waals surface area contributed by atoms with Gasteiger partial charge >= 0.3 is 0 Å². The lowest BCUT2D eigenvalue weighted by molar-refractivity contribution is -0.119. The monoisotopic (exact) mass is 268 g/mol. The molecule has 0 N–H and O–H groups in total. The van der Waals surface area contributed by atoms with E-state index in [1.165, 1.54) is 21.9 Å². The molecule has 2 heteroatoms. The molecule has 0 aliphatic carbocycles. The van der Waals surface area contributed by atoms with Gasteiger partial charge in [-0.25, -0.2) is 0 Å². The number of rotatable bonds is 4. The highest BCUT2D eigenvalue weighted by Gasteiger charge is 2.40. The average Bonchev–Trinajstić information content (AvgIpc) is 2.37. The maximum Gasteiger partial charge on any atom is 0.129 e. The van der Waals surface area contributed by atoms with Crippen LogP contribution < -0.4 is 0 Å².